The van der Waals surface area contributed by atoms with Crippen LogP contribution in [0.15, 0.2) is 63.8 Å². The van der Waals surface area contributed by atoms with Crippen molar-refractivity contribution in [3.63, 3.8) is 0 Å². The second kappa shape index (κ2) is 6.74. The monoisotopic (exact) mass is 382 g/mol. The Balaban J connectivity index is 1.78. The Morgan fingerprint density at radius 3 is 2.65 bits per heavy atom. The number of carbonyl (C=O) groups is 1. The minimum atomic E-state index is -0.532. The topological polar surface area (TPSA) is 72.2 Å². The van der Waals surface area contributed by atoms with Crippen LogP contribution in [0.25, 0.3) is 22.2 Å². The maximum absolute atomic E-state index is 12.4. The van der Waals surface area contributed by atoms with Crippen molar-refractivity contribution >= 4 is 51.0 Å². The zero-order chi connectivity index (χ0) is 18.1. The highest BCUT2D eigenvalue weighted by Gasteiger charge is 2.17. The fraction of sp³-hybridized carbons (Fsp3) is 0. The second-order valence-electron chi connectivity index (χ2n) is 5.47. The lowest BCUT2D eigenvalue weighted by Gasteiger charge is -2.02. The van der Waals surface area contributed by atoms with E-state index in [2.05, 4.69) is 10.3 Å². The molecular formula is C19H11ClN2O3S. The number of aldehydes is 1. The lowest BCUT2D eigenvalue weighted by Crippen LogP contribution is -2.04. The van der Waals surface area contributed by atoms with Crippen LogP contribution < -0.4 is 10.9 Å². The highest BCUT2D eigenvalue weighted by atomic mass is 35.5. The number of hydrogen-bond acceptors (Lipinski definition) is 6. The summed E-state index contributed by atoms with van der Waals surface area (Å²) in [6.45, 7) is 0. The Bertz CT molecular complexity index is 1170. The second-order valence-corrected chi connectivity index (χ2v) is 6.93. The number of para-hydroxylation sites is 1. The van der Waals surface area contributed by atoms with E-state index in [1.807, 2.05) is 12.1 Å². The highest BCUT2D eigenvalue weighted by Crippen LogP contribution is 2.31. The predicted molar refractivity (Wildman–Crippen MR) is 104 cm³/mol. The third kappa shape index (κ3) is 3.12. The number of benzene rings is 2. The standard InChI is InChI=1S/C19H11ClN2O3S/c20-12-5-7-13(8-6-12)21-19-22-17(16(10-23)26-19)14-9-11-3-1-2-4-15(11)25-18(14)24/h1-10H,(H,21,22). The molecule has 7 heteroatoms. The molecule has 0 amide bonds. The smallest absolute Gasteiger partial charge is 0.345 e. The quantitative estimate of drug-likeness (QED) is 0.391. The van der Waals surface area contributed by atoms with Crippen LogP contribution in [0.1, 0.15) is 9.67 Å². The molecule has 5 nitrogen and oxygen atoms in total. The zero-order valence-corrected chi connectivity index (χ0v) is 14.8. The summed E-state index contributed by atoms with van der Waals surface area (Å²) in [5.74, 6) is 0. The molecule has 0 fully saturated rings. The van der Waals surface area contributed by atoms with Crippen LogP contribution in [0.5, 0.6) is 0 Å². The summed E-state index contributed by atoms with van der Waals surface area (Å²) in [5, 5.41) is 4.99. The number of nitrogens with one attached hydrogen (secondary N) is 1. The van der Waals surface area contributed by atoms with Gasteiger partial charge in [-0.15, -0.1) is 0 Å². The third-order valence-electron chi connectivity index (χ3n) is 3.75. The van der Waals surface area contributed by atoms with Crippen molar-refractivity contribution in [3.8, 4) is 11.3 Å². The van der Waals surface area contributed by atoms with Gasteiger partial charge < -0.3 is 9.73 Å². The van der Waals surface area contributed by atoms with Crippen LogP contribution in [0.4, 0.5) is 10.8 Å². The third-order valence-corrected chi connectivity index (χ3v) is 4.90. The predicted octanol–water partition coefficient (Wildman–Crippen LogP) is 5.13. The molecule has 0 aliphatic carbocycles. The summed E-state index contributed by atoms with van der Waals surface area (Å²) >= 11 is 7.04. The van der Waals surface area contributed by atoms with Gasteiger partial charge in [-0.1, -0.05) is 41.1 Å². The number of carbonyl (C=O) groups excluding carboxylic acids is 1. The summed E-state index contributed by atoms with van der Waals surface area (Å²) in [7, 11) is 0. The van der Waals surface area contributed by atoms with Gasteiger partial charge in [0, 0.05) is 16.1 Å². The summed E-state index contributed by atoms with van der Waals surface area (Å²) in [6, 6.07) is 16.0. The average Bonchev–Trinajstić information content (AvgIpc) is 3.05. The van der Waals surface area contributed by atoms with E-state index >= 15 is 0 Å². The summed E-state index contributed by atoms with van der Waals surface area (Å²) < 4.78 is 5.35. The van der Waals surface area contributed by atoms with Crippen LogP contribution in [-0.2, 0) is 0 Å². The first-order valence-electron chi connectivity index (χ1n) is 7.66. The van der Waals surface area contributed by atoms with Gasteiger partial charge in [-0.05, 0) is 36.4 Å². The molecule has 4 aromatic rings. The molecular weight excluding hydrogens is 372 g/mol. The summed E-state index contributed by atoms with van der Waals surface area (Å²) in [5.41, 5.74) is 1.30. The molecule has 0 saturated heterocycles. The summed E-state index contributed by atoms with van der Waals surface area (Å²) in [6.07, 6.45) is 0.689. The lowest BCUT2D eigenvalue weighted by atomic mass is 10.1. The van der Waals surface area contributed by atoms with Crippen molar-refractivity contribution < 1.29 is 9.21 Å². The first-order chi connectivity index (χ1) is 12.6. The molecule has 0 radical (unpaired) electrons. The van der Waals surface area contributed by atoms with Crippen molar-refractivity contribution in [2.45, 2.75) is 0 Å². The Morgan fingerprint density at radius 2 is 1.88 bits per heavy atom. The molecule has 26 heavy (non-hydrogen) atoms. The maximum Gasteiger partial charge on any atom is 0.345 e. The molecule has 2 aromatic heterocycles. The van der Waals surface area contributed by atoms with Crippen molar-refractivity contribution in [2.24, 2.45) is 0 Å². The van der Waals surface area contributed by atoms with E-state index in [0.717, 1.165) is 22.4 Å². The first kappa shape index (κ1) is 16.5. The number of rotatable bonds is 4. The molecule has 0 unspecified atom stereocenters. The largest absolute Gasteiger partial charge is 0.422 e. The molecule has 0 aliphatic heterocycles. The molecule has 4 rings (SSSR count). The number of halogens is 1. The van der Waals surface area contributed by atoms with Crippen LogP contribution in [0.2, 0.25) is 5.02 Å². The van der Waals surface area contributed by atoms with Crippen LogP contribution >= 0.6 is 22.9 Å². The number of hydrogen-bond donors (Lipinski definition) is 1. The summed E-state index contributed by atoms with van der Waals surface area (Å²) in [4.78, 5) is 28.6. The van der Waals surface area contributed by atoms with Gasteiger partial charge in [-0.2, -0.15) is 0 Å². The van der Waals surface area contributed by atoms with Crippen molar-refractivity contribution in [1.29, 1.82) is 0 Å². The van der Waals surface area contributed by atoms with Crippen LogP contribution in [0.3, 0.4) is 0 Å². The van der Waals surface area contributed by atoms with Crippen molar-refractivity contribution in [2.75, 3.05) is 5.32 Å². The van der Waals surface area contributed by atoms with Gasteiger partial charge in [-0.25, -0.2) is 9.78 Å². The molecule has 0 bridgehead atoms. The van der Waals surface area contributed by atoms with E-state index in [1.54, 1.807) is 42.5 Å². The molecule has 0 spiro atoms. The Hall–Kier alpha value is -2.96. The van der Waals surface area contributed by atoms with Crippen molar-refractivity contribution in [1.82, 2.24) is 4.98 Å². The maximum atomic E-state index is 12.4. The lowest BCUT2D eigenvalue weighted by molar-refractivity contribution is 0.112. The van der Waals surface area contributed by atoms with Gasteiger partial charge in [0.15, 0.2) is 11.4 Å². The Morgan fingerprint density at radius 1 is 1.12 bits per heavy atom. The van der Waals surface area contributed by atoms with Gasteiger partial charge in [0.05, 0.1) is 10.4 Å². The Kier molecular flexibility index (Phi) is 4.28. The van der Waals surface area contributed by atoms with Gasteiger partial charge >= 0.3 is 5.63 Å². The van der Waals surface area contributed by atoms with Crippen molar-refractivity contribution in [3.05, 3.63) is 74.9 Å². The fourth-order valence-electron chi connectivity index (χ4n) is 2.54. The van der Waals surface area contributed by atoms with Crippen LogP contribution in [0, 0.1) is 0 Å². The molecule has 2 aromatic carbocycles. The molecule has 2 heterocycles. The van der Waals surface area contributed by atoms with E-state index in [0.29, 0.717) is 32.6 Å². The van der Waals surface area contributed by atoms with Gasteiger partial charge in [0.1, 0.15) is 11.3 Å². The van der Waals surface area contributed by atoms with Gasteiger partial charge in [-0.3, -0.25) is 4.79 Å². The molecule has 0 aliphatic rings. The number of fused-ring (bicyclic) bond motifs is 1. The van der Waals surface area contributed by atoms with Crippen LogP contribution in [-0.4, -0.2) is 11.3 Å². The molecule has 0 saturated carbocycles. The minimum absolute atomic E-state index is 0.256. The molecule has 1 N–H and O–H groups in total. The van der Waals surface area contributed by atoms with Gasteiger partial charge in [0.25, 0.3) is 0 Å². The van der Waals surface area contributed by atoms with E-state index in [4.69, 9.17) is 16.0 Å². The van der Waals surface area contributed by atoms with E-state index in [1.165, 1.54) is 0 Å². The SMILES string of the molecule is O=Cc1sc(Nc2ccc(Cl)cc2)nc1-c1cc2ccccc2oc1=O. The Labute approximate surface area is 156 Å². The minimum Gasteiger partial charge on any atom is -0.422 e. The number of nitrogens with zero attached hydrogens (tertiary/aromatic N) is 1. The molecule has 128 valence electrons. The highest BCUT2D eigenvalue weighted by molar-refractivity contribution is 7.17. The van der Waals surface area contributed by atoms with E-state index in [-0.39, 0.29) is 5.56 Å². The fourth-order valence-corrected chi connectivity index (χ4v) is 3.48. The van der Waals surface area contributed by atoms with Gasteiger partial charge in [0.2, 0.25) is 0 Å². The number of thiazole rings is 1. The first-order valence-corrected chi connectivity index (χ1v) is 8.85. The number of aromatic nitrogens is 1. The molecule has 0 atom stereocenters. The van der Waals surface area contributed by atoms with E-state index in [9.17, 15) is 9.59 Å². The average molecular weight is 383 g/mol. The van der Waals surface area contributed by atoms with E-state index < -0.39 is 5.63 Å². The normalized spacial score (nSPS) is 10.8. The number of anilines is 2. The zero-order valence-electron chi connectivity index (χ0n) is 13.2.